The molecule has 0 amide bonds. The molecule has 0 spiro atoms. The number of anilines is 1. The first-order valence-electron chi connectivity index (χ1n) is 7.17. The lowest BCUT2D eigenvalue weighted by molar-refractivity contribution is 0.208. The summed E-state index contributed by atoms with van der Waals surface area (Å²) in [6.07, 6.45) is 2.93. The zero-order chi connectivity index (χ0) is 14.7. The van der Waals surface area contributed by atoms with Crippen molar-refractivity contribution in [1.82, 2.24) is 24.6 Å². The number of nitrogens with zero attached hydrogens (tertiary/aromatic N) is 5. The standard InChI is InChI=1S/C14H24N6/c1-6-7-20(10(2)3)9-12-17-13(15-4)11-8-16-19(5)14(11)18-12/h8,10H,6-7,9H2,1-5H3,(H,15,17,18). The van der Waals surface area contributed by atoms with Crippen molar-refractivity contribution in [2.24, 2.45) is 7.05 Å². The first-order chi connectivity index (χ1) is 9.56. The Morgan fingerprint density at radius 2 is 2.10 bits per heavy atom. The Morgan fingerprint density at radius 3 is 2.70 bits per heavy atom. The van der Waals surface area contributed by atoms with Gasteiger partial charge in [-0.2, -0.15) is 5.10 Å². The maximum Gasteiger partial charge on any atom is 0.163 e. The maximum atomic E-state index is 4.66. The summed E-state index contributed by atoms with van der Waals surface area (Å²) in [5, 5.41) is 8.36. The third-order valence-electron chi connectivity index (χ3n) is 3.46. The summed E-state index contributed by atoms with van der Waals surface area (Å²) < 4.78 is 1.79. The summed E-state index contributed by atoms with van der Waals surface area (Å²) in [7, 11) is 3.79. The van der Waals surface area contributed by atoms with Crippen molar-refractivity contribution >= 4 is 16.9 Å². The molecule has 2 rings (SSSR count). The van der Waals surface area contributed by atoms with Crippen LogP contribution in [0.3, 0.4) is 0 Å². The SMILES string of the molecule is CCCN(Cc1nc(NC)c2cnn(C)c2n1)C(C)C. The zero-order valence-electron chi connectivity index (χ0n) is 13.0. The van der Waals surface area contributed by atoms with Crippen LogP contribution in [0.25, 0.3) is 11.0 Å². The van der Waals surface area contributed by atoms with Crippen LogP contribution in [0.15, 0.2) is 6.20 Å². The number of aromatic nitrogens is 4. The molecule has 0 aliphatic carbocycles. The van der Waals surface area contributed by atoms with Crippen LogP contribution in [0.4, 0.5) is 5.82 Å². The van der Waals surface area contributed by atoms with Crippen LogP contribution in [-0.2, 0) is 13.6 Å². The first-order valence-corrected chi connectivity index (χ1v) is 7.17. The average Bonchev–Trinajstić information content (AvgIpc) is 2.79. The van der Waals surface area contributed by atoms with E-state index in [9.17, 15) is 0 Å². The van der Waals surface area contributed by atoms with Gasteiger partial charge >= 0.3 is 0 Å². The quantitative estimate of drug-likeness (QED) is 0.874. The molecular weight excluding hydrogens is 252 g/mol. The largest absolute Gasteiger partial charge is 0.372 e. The molecule has 0 aliphatic rings. The van der Waals surface area contributed by atoms with Gasteiger partial charge in [0.1, 0.15) is 11.6 Å². The molecule has 2 aromatic rings. The lowest BCUT2D eigenvalue weighted by Gasteiger charge is -2.25. The maximum absolute atomic E-state index is 4.66. The second-order valence-corrected chi connectivity index (χ2v) is 5.31. The molecule has 0 atom stereocenters. The van der Waals surface area contributed by atoms with E-state index < -0.39 is 0 Å². The highest BCUT2D eigenvalue weighted by Gasteiger charge is 2.14. The van der Waals surface area contributed by atoms with Crippen molar-refractivity contribution in [3.8, 4) is 0 Å². The lowest BCUT2D eigenvalue weighted by atomic mass is 10.3. The molecule has 0 aromatic carbocycles. The van der Waals surface area contributed by atoms with Crippen LogP contribution in [-0.4, -0.2) is 44.3 Å². The summed E-state index contributed by atoms with van der Waals surface area (Å²) in [6, 6.07) is 0.485. The van der Waals surface area contributed by atoms with Crippen LogP contribution >= 0.6 is 0 Å². The number of hydrogen-bond donors (Lipinski definition) is 1. The Kier molecular flexibility index (Phi) is 4.54. The van der Waals surface area contributed by atoms with Crippen molar-refractivity contribution in [2.75, 3.05) is 18.9 Å². The fourth-order valence-electron chi connectivity index (χ4n) is 2.32. The van der Waals surface area contributed by atoms with Crippen molar-refractivity contribution in [3.63, 3.8) is 0 Å². The van der Waals surface area contributed by atoms with E-state index >= 15 is 0 Å². The van der Waals surface area contributed by atoms with Gasteiger partial charge in [-0.15, -0.1) is 0 Å². The van der Waals surface area contributed by atoms with Crippen molar-refractivity contribution in [3.05, 3.63) is 12.0 Å². The van der Waals surface area contributed by atoms with E-state index in [4.69, 9.17) is 0 Å². The third-order valence-corrected chi connectivity index (χ3v) is 3.46. The van der Waals surface area contributed by atoms with E-state index in [2.05, 4.69) is 46.1 Å². The molecule has 2 aromatic heterocycles. The summed E-state index contributed by atoms with van der Waals surface area (Å²) in [5.74, 6) is 1.69. The van der Waals surface area contributed by atoms with Crippen LogP contribution < -0.4 is 5.32 Å². The highest BCUT2D eigenvalue weighted by atomic mass is 15.3. The van der Waals surface area contributed by atoms with Crippen LogP contribution in [0.5, 0.6) is 0 Å². The Balaban J connectivity index is 2.36. The average molecular weight is 276 g/mol. The number of aryl methyl sites for hydroxylation is 1. The second-order valence-electron chi connectivity index (χ2n) is 5.31. The number of fused-ring (bicyclic) bond motifs is 1. The van der Waals surface area contributed by atoms with E-state index in [0.29, 0.717) is 6.04 Å². The third kappa shape index (κ3) is 2.90. The van der Waals surface area contributed by atoms with Crippen LogP contribution in [0, 0.1) is 0 Å². The molecule has 0 fully saturated rings. The molecule has 2 heterocycles. The molecule has 110 valence electrons. The normalized spacial score (nSPS) is 11.8. The monoisotopic (exact) mass is 276 g/mol. The lowest BCUT2D eigenvalue weighted by Crippen LogP contribution is -2.31. The smallest absolute Gasteiger partial charge is 0.163 e. The predicted octanol–water partition coefficient (Wildman–Crippen LogP) is 2.03. The van der Waals surface area contributed by atoms with Gasteiger partial charge in [0.25, 0.3) is 0 Å². The van der Waals surface area contributed by atoms with Crippen molar-refractivity contribution < 1.29 is 0 Å². The Labute approximate surface area is 120 Å². The van der Waals surface area contributed by atoms with Gasteiger partial charge in [-0.3, -0.25) is 9.58 Å². The van der Waals surface area contributed by atoms with E-state index in [0.717, 1.165) is 42.2 Å². The fraction of sp³-hybridized carbons (Fsp3) is 0.643. The minimum Gasteiger partial charge on any atom is -0.372 e. The van der Waals surface area contributed by atoms with Gasteiger partial charge in [0.2, 0.25) is 0 Å². The number of nitrogens with one attached hydrogen (secondary N) is 1. The number of rotatable bonds is 6. The summed E-state index contributed by atoms with van der Waals surface area (Å²) in [5.41, 5.74) is 0.875. The van der Waals surface area contributed by atoms with Crippen molar-refractivity contribution in [2.45, 2.75) is 39.8 Å². The molecule has 0 aliphatic heterocycles. The van der Waals surface area contributed by atoms with E-state index in [1.807, 2.05) is 14.1 Å². The van der Waals surface area contributed by atoms with Gasteiger partial charge in [-0.1, -0.05) is 6.92 Å². The number of hydrogen-bond acceptors (Lipinski definition) is 5. The molecule has 6 heteroatoms. The van der Waals surface area contributed by atoms with Crippen LogP contribution in [0.2, 0.25) is 0 Å². The Bertz CT molecular complexity index is 574. The fourth-order valence-corrected chi connectivity index (χ4v) is 2.32. The summed E-state index contributed by atoms with van der Waals surface area (Å²) >= 11 is 0. The van der Waals surface area contributed by atoms with E-state index in [1.165, 1.54) is 0 Å². The van der Waals surface area contributed by atoms with E-state index in [1.54, 1.807) is 10.9 Å². The van der Waals surface area contributed by atoms with Crippen LogP contribution in [0.1, 0.15) is 33.0 Å². The molecule has 1 N–H and O–H groups in total. The van der Waals surface area contributed by atoms with Gasteiger partial charge in [0, 0.05) is 20.1 Å². The molecule has 20 heavy (non-hydrogen) atoms. The van der Waals surface area contributed by atoms with Gasteiger partial charge in [-0.05, 0) is 26.8 Å². The second kappa shape index (κ2) is 6.17. The first kappa shape index (κ1) is 14.7. The molecule has 0 saturated carbocycles. The molecule has 6 nitrogen and oxygen atoms in total. The topological polar surface area (TPSA) is 58.9 Å². The van der Waals surface area contributed by atoms with Crippen molar-refractivity contribution in [1.29, 1.82) is 0 Å². The highest BCUT2D eigenvalue weighted by Crippen LogP contribution is 2.19. The molecule has 0 saturated heterocycles. The predicted molar refractivity (Wildman–Crippen MR) is 81.7 cm³/mol. The minimum absolute atomic E-state index is 0.485. The minimum atomic E-state index is 0.485. The molecule has 0 bridgehead atoms. The summed E-state index contributed by atoms with van der Waals surface area (Å²) in [4.78, 5) is 11.7. The molecule has 0 unspecified atom stereocenters. The van der Waals surface area contributed by atoms with E-state index in [-0.39, 0.29) is 0 Å². The molecule has 0 radical (unpaired) electrons. The Hall–Kier alpha value is -1.69. The van der Waals surface area contributed by atoms with Gasteiger partial charge in [0.05, 0.1) is 18.1 Å². The zero-order valence-corrected chi connectivity index (χ0v) is 13.0. The van der Waals surface area contributed by atoms with Gasteiger partial charge < -0.3 is 5.32 Å². The van der Waals surface area contributed by atoms with Gasteiger partial charge in [0.15, 0.2) is 5.65 Å². The summed E-state index contributed by atoms with van der Waals surface area (Å²) in [6.45, 7) is 8.43. The Morgan fingerprint density at radius 1 is 1.35 bits per heavy atom. The molecular formula is C14H24N6. The highest BCUT2D eigenvalue weighted by molar-refractivity contribution is 5.86. The van der Waals surface area contributed by atoms with Gasteiger partial charge in [-0.25, -0.2) is 9.97 Å².